The average molecular weight is 347 g/mol. The first-order valence-electron chi connectivity index (χ1n) is 8.95. The molecule has 1 atom stereocenters. The van der Waals surface area contributed by atoms with Crippen LogP contribution in [0.2, 0.25) is 0 Å². The number of amides is 1. The van der Waals surface area contributed by atoms with E-state index in [4.69, 9.17) is 9.15 Å². The zero-order valence-electron chi connectivity index (χ0n) is 14.5. The van der Waals surface area contributed by atoms with Gasteiger partial charge in [0.25, 0.3) is 0 Å². The smallest absolute Gasteiger partial charge is 0.220 e. The van der Waals surface area contributed by atoms with E-state index in [0.29, 0.717) is 19.4 Å². The van der Waals surface area contributed by atoms with Gasteiger partial charge in [-0.3, -0.25) is 4.79 Å². The average Bonchev–Trinajstić information content (AvgIpc) is 3.17. The van der Waals surface area contributed by atoms with Crippen LogP contribution in [0.4, 0.5) is 0 Å². The minimum Gasteiger partial charge on any atom is -0.493 e. The number of fused-ring (bicyclic) bond motifs is 1. The van der Waals surface area contributed by atoms with Crippen molar-refractivity contribution >= 4 is 5.91 Å². The van der Waals surface area contributed by atoms with Crippen molar-refractivity contribution in [3.63, 3.8) is 0 Å². The Morgan fingerprint density at radius 2 is 1.81 bits per heavy atom. The van der Waals surface area contributed by atoms with Crippen molar-refractivity contribution in [2.45, 2.75) is 25.3 Å². The molecule has 132 valence electrons. The number of carbonyl (C=O) groups excluding carboxylic acids is 1. The summed E-state index contributed by atoms with van der Waals surface area (Å²) < 4.78 is 11.5. The van der Waals surface area contributed by atoms with Crippen molar-refractivity contribution in [2.75, 3.05) is 6.61 Å². The van der Waals surface area contributed by atoms with E-state index in [9.17, 15) is 4.79 Å². The number of furan rings is 1. The van der Waals surface area contributed by atoms with Crippen molar-refractivity contribution in [1.82, 2.24) is 5.32 Å². The van der Waals surface area contributed by atoms with E-state index in [1.807, 2.05) is 66.7 Å². The number of ether oxygens (including phenoxy) is 1. The Kier molecular flexibility index (Phi) is 4.73. The summed E-state index contributed by atoms with van der Waals surface area (Å²) in [6.07, 6.45) is 1.78. The van der Waals surface area contributed by atoms with Crippen LogP contribution in [0.5, 0.6) is 5.75 Å². The van der Waals surface area contributed by atoms with Gasteiger partial charge >= 0.3 is 0 Å². The second kappa shape index (κ2) is 7.48. The molecular formula is C22H21NO3. The van der Waals surface area contributed by atoms with Gasteiger partial charge < -0.3 is 14.5 Å². The fourth-order valence-corrected chi connectivity index (χ4v) is 3.27. The first-order valence-corrected chi connectivity index (χ1v) is 8.95. The van der Waals surface area contributed by atoms with E-state index in [-0.39, 0.29) is 11.9 Å². The number of carbonyl (C=O) groups is 1. The molecule has 2 heterocycles. The van der Waals surface area contributed by atoms with E-state index in [1.54, 1.807) is 0 Å². The van der Waals surface area contributed by atoms with Gasteiger partial charge in [-0.2, -0.15) is 0 Å². The summed E-state index contributed by atoms with van der Waals surface area (Å²) in [4.78, 5) is 12.4. The highest BCUT2D eigenvalue weighted by Gasteiger charge is 2.22. The van der Waals surface area contributed by atoms with Gasteiger partial charge in [-0.25, -0.2) is 0 Å². The van der Waals surface area contributed by atoms with Crippen LogP contribution in [0.25, 0.3) is 11.3 Å². The number of hydrogen-bond acceptors (Lipinski definition) is 3. The predicted octanol–water partition coefficient (Wildman–Crippen LogP) is 4.52. The molecule has 0 unspecified atom stereocenters. The molecule has 0 radical (unpaired) electrons. The lowest BCUT2D eigenvalue weighted by Gasteiger charge is -2.26. The minimum atomic E-state index is 0.0175. The maximum atomic E-state index is 12.4. The lowest BCUT2D eigenvalue weighted by atomic mass is 10.0. The van der Waals surface area contributed by atoms with Crippen LogP contribution in [-0.4, -0.2) is 12.5 Å². The predicted molar refractivity (Wildman–Crippen MR) is 99.9 cm³/mol. The van der Waals surface area contributed by atoms with Gasteiger partial charge in [-0.05, 0) is 18.2 Å². The third kappa shape index (κ3) is 3.64. The Hall–Kier alpha value is -3.01. The zero-order chi connectivity index (χ0) is 17.8. The monoisotopic (exact) mass is 347 g/mol. The summed E-state index contributed by atoms with van der Waals surface area (Å²) in [6.45, 7) is 0.626. The molecule has 0 aliphatic carbocycles. The zero-order valence-corrected chi connectivity index (χ0v) is 14.5. The molecule has 1 aliphatic heterocycles. The molecule has 26 heavy (non-hydrogen) atoms. The topological polar surface area (TPSA) is 51.5 Å². The van der Waals surface area contributed by atoms with Gasteiger partial charge in [0, 0.05) is 30.4 Å². The van der Waals surface area contributed by atoms with Gasteiger partial charge in [0.1, 0.15) is 17.3 Å². The number of rotatable bonds is 5. The fraction of sp³-hybridized carbons (Fsp3) is 0.227. The van der Waals surface area contributed by atoms with Crippen molar-refractivity contribution in [2.24, 2.45) is 0 Å². The first-order chi connectivity index (χ1) is 12.8. The largest absolute Gasteiger partial charge is 0.493 e. The van der Waals surface area contributed by atoms with Crippen LogP contribution in [-0.2, 0) is 11.2 Å². The highest BCUT2D eigenvalue weighted by Crippen LogP contribution is 2.31. The molecule has 4 heteroatoms. The summed E-state index contributed by atoms with van der Waals surface area (Å²) in [5.74, 6) is 2.55. The van der Waals surface area contributed by atoms with Gasteiger partial charge in [0.05, 0.1) is 12.6 Å². The second-order valence-corrected chi connectivity index (χ2v) is 6.43. The lowest BCUT2D eigenvalue weighted by Crippen LogP contribution is -2.32. The number of para-hydroxylation sites is 1. The minimum absolute atomic E-state index is 0.0175. The van der Waals surface area contributed by atoms with Crippen LogP contribution in [0.1, 0.15) is 30.2 Å². The van der Waals surface area contributed by atoms with Gasteiger partial charge in [-0.1, -0.05) is 48.5 Å². The molecule has 0 bridgehead atoms. The molecule has 0 spiro atoms. The van der Waals surface area contributed by atoms with Crippen LogP contribution in [0.3, 0.4) is 0 Å². The van der Waals surface area contributed by atoms with Gasteiger partial charge in [0.15, 0.2) is 0 Å². The molecular weight excluding hydrogens is 326 g/mol. The molecule has 1 aliphatic rings. The summed E-state index contributed by atoms with van der Waals surface area (Å²) in [7, 11) is 0. The van der Waals surface area contributed by atoms with Crippen molar-refractivity contribution < 1.29 is 13.9 Å². The van der Waals surface area contributed by atoms with E-state index in [1.165, 1.54) is 0 Å². The molecule has 2 aromatic carbocycles. The summed E-state index contributed by atoms with van der Waals surface area (Å²) in [6, 6.07) is 21.8. The maximum Gasteiger partial charge on any atom is 0.220 e. The Balaban J connectivity index is 1.35. The third-order valence-electron chi connectivity index (χ3n) is 4.61. The molecule has 4 nitrogen and oxygen atoms in total. The van der Waals surface area contributed by atoms with Crippen LogP contribution in [0.15, 0.2) is 71.1 Å². The molecule has 4 rings (SSSR count). The molecule has 1 amide bonds. The Labute approximate surface area is 152 Å². The SMILES string of the molecule is O=C(CCc1ccc(-c2ccccc2)o1)N[C@@H]1CCOc2ccccc21. The quantitative estimate of drug-likeness (QED) is 0.738. The second-order valence-electron chi connectivity index (χ2n) is 6.43. The number of benzene rings is 2. The van der Waals surface area contributed by atoms with Crippen molar-refractivity contribution in [3.05, 3.63) is 78.1 Å². The Bertz CT molecular complexity index is 885. The van der Waals surface area contributed by atoms with Crippen LogP contribution in [0, 0.1) is 0 Å². The van der Waals surface area contributed by atoms with Gasteiger partial charge in [0.2, 0.25) is 5.91 Å². The number of nitrogens with one attached hydrogen (secondary N) is 1. The molecule has 0 saturated carbocycles. The van der Waals surface area contributed by atoms with E-state index >= 15 is 0 Å². The standard InChI is InChI=1S/C22H21NO3/c24-22(23-19-14-15-25-21-9-5-4-8-18(19)21)13-11-17-10-12-20(26-17)16-6-2-1-3-7-16/h1-10,12,19H,11,13-15H2,(H,23,24)/t19-/m1/s1. The highest BCUT2D eigenvalue weighted by atomic mass is 16.5. The molecule has 1 aromatic heterocycles. The number of hydrogen-bond donors (Lipinski definition) is 1. The van der Waals surface area contributed by atoms with Crippen molar-refractivity contribution in [3.8, 4) is 17.1 Å². The lowest BCUT2D eigenvalue weighted by molar-refractivity contribution is -0.122. The van der Waals surface area contributed by atoms with E-state index in [2.05, 4.69) is 5.32 Å². The Morgan fingerprint density at radius 3 is 2.69 bits per heavy atom. The third-order valence-corrected chi connectivity index (χ3v) is 4.61. The molecule has 1 N–H and O–H groups in total. The van der Waals surface area contributed by atoms with E-state index in [0.717, 1.165) is 34.8 Å². The van der Waals surface area contributed by atoms with E-state index < -0.39 is 0 Å². The summed E-state index contributed by atoms with van der Waals surface area (Å²) in [5, 5.41) is 3.12. The van der Waals surface area contributed by atoms with Crippen molar-refractivity contribution in [1.29, 1.82) is 0 Å². The maximum absolute atomic E-state index is 12.4. The summed E-state index contributed by atoms with van der Waals surface area (Å²) in [5.41, 5.74) is 2.10. The molecule has 3 aromatic rings. The molecule has 0 fully saturated rings. The number of aryl methyl sites for hydroxylation is 1. The van der Waals surface area contributed by atoms with Crippen LogP contribution >= 0.6 is 0 Å². The summed E-state index contributed by atoms with van der Waals surface area (Å²) >= 11 is 0. The first kappa shape index (κ1) is 16.5. The Morgan fingerprint density at radius 1 is 1.00 bits per heavy atom. The van der Waals surface area contributed by atoms with Gasteiger partial charge in [-0.15, -0.1) is 0 Å². The normalized spacial score (nSPS) is 15.8. The van der Waals surface area contributed by atoms with Crippen LogP contribution < -0.4 is 10.1 Å². The highest BCUT2D eigenvalue weighted by molar-refractivity contribution is 5.76. The fourth-order valence-electron chi connectivity index (χ4n) is 3.27. The molecule has 0 saturated heterocycles.